The van der Waals surface area contributed by atoms with Crippen LogP contribution in [0.2, 0.25) is 12.1 Å². The van der Waals surface area contributed by atoms with E-state index in [1.807, 2.05) is 14.2 Å². The molecule has 0 aromatic heterocycles. The summed E-state index contributed by atoms with van der Waals surface area (Å²) >= 11 is 0. The molecule has 0 aliphatic heterocycles. The van der Waals surface area contributed by atoms with Crippen LogP contribution in [0.25, 0.3) is 0 Å². The Labute approximate surface area is 171 Å². The van der Waals surface area contributed by atoms with Crippen molar-refractivity contribution in [3.8, 4) is 0 Å². The van der Waals surface area contributed by atoms with Crippen molar-refractivity contribution in [2.45, 2.75) is 77.9 Å². The van der Waals surface area contributed by atoms with Crippen LogP contribution in [0.4, 0.5) is 0 Å². The first-order valence-corrected chi connectivity index (χ1v) is 13.4. The van der Waals surface area contributed by atoms with Crippen molar-refractivity contribution in [1.82, 2.24) is 15.1 Å². The summed E-state index contributed by atoms with van der Waals surface area (Å²) in [4.78, 5) is 5.10. The third-order valence-corrected chi connectivity index (χ3v) is 9.37. The van der Waals surface area contributed by atoms with E-state index in [9.17, 15) is 0 Å². The molecule has 0 amide bonds. The summed E-state index contributed by atoms with van der Waals surface area (Å²) in [5.41, 5.74) is 0. The molecule has 1 N–H and O–H groups in total. The van der Waals surface area contributed by atoms with E-state index in [0.717, 1.165) is 25.2 Å². The maximum Gasteiger partial charge on any atom is 0.337 e. The zero-order valence-electron chi connectivity index (χ0n) is 19.5. The molecule has 1 atom stereocenters. The Kier molecular flexibility index (Phi) is 16.9. The van der Waals surface area contributed by atoms with Crippen molar-refractivity contribution < 1.29 is 8.85 Å². The quantitative estimate of drug-likeness (QED) is 0.261. The lowest BCUT2D eigenvalue weighted by Crippen LogP contribution is -2.40. The Bertz CT molecular complexity index is 322. The largest absolute Gasteiger partial charge is 0.398 e. The second-order valence-electron chi connectivity index (χ2n) is 7.89. The maximum atomic E-state index is 5.78. The van der Waals surface area contributed by atoms with Crippen molar-refractivity contribution in [1.29, 1.82) is 0 Å². The van der Waals surface area contributed by atoms with Crippen LogP contribution in [0, 0.1) is 0 Å². The molecule has 5 nitrogen and oxygen atoms in total. The van der Waals surface area contributed by atoms with Gasteiger partial charge in [0.2, 0.25) is 0 Å². The lowest BCUT2D eigenvalue weighted by Gasteiger charge is -2.28. The summed E-state index contributed by atoms with van der Waals surface area (Å²) in [6, 6.07) is 2.75. The van der Waals surface area contributed by atoms with E-state index in [-0.39, 0.29) is 0 Å². The molecule has 1 unspecified atom stereocenters. The molecule has 27 heavy (non-hydrogen) atoms. The fraction of sp³-hybridized carbons (Fsp3) is 1.00. The van der Waals surface area contributed by atoms with Gasteiger partial charge >= 0.3 is 8.56 Å². The first kappa shape index (κ1) is 27.0. The molecule has 0 fully saturated rings. The second kappa shape index (κ2) is 16.9. The topological polar surface area (TPSA) is 37.0 Å². The smallest absolute Gasteiger partial charge is 0.337 e. The molecule has 0 radical (unpaired) electrons. The molecule has 0 aliphatic rings. The van der Waals surface area contributed by atoms with Gasteiger partial charge in [-0.1, -0.05) is 20.8 Å². The fourth-order valence-corrected chi connectivity index (χ4v) is 5.72. The van der Waals surface area contributed by atoms with Crippen LogP contribution in [0.3, 0.4) is 0 Å². The average molecular weight is 404 g/mol. The van der Waals surface area contributed by atoms with Crippen LogP contribution in [0.1, 0.15) is 59.8 Å². The Morgan fingerprint density at radius 2 is 1.52 bits per heavy atom. The lowest BCUT2D eigenvalue weighted by atomic mass is 10.2. The van der Waals surface area contributed by atoms with Crippen molar-refractivity contribution in [2.24, 2.45) is 0 Å². The SMILES string of the molecule is CCCN(C)CCCN(CCCNC(C)CC)CCC[Si](CC)(OC)OC. The van der Waals surface area contributed by atoms with Gasteiger partial charge in [0.05, 0.1) is 0 Å². The summed E-state index contributed by atoms with van der Waals surface area (Å²) in [6.07, 6.45) is 6.08. The first-order valence-electron chi connectivity index (χ1n) is 11.2. The summed E-state index contributed by atoms with van der Waals surface area (Å²) < 4.78 is 11.6. The minimum absolute atomic E-state index is 0.626. The predicted octanol–water partition coefficient (Wildman–Crippen LogP) is 3.94. The zero-order chi connectivity index (χ0) is 20.5. The van der Waals surface area contributed by atoms with Crippen LogP contribution in [0.15, 0.2) is 0 Å². The molecule has 0 aliphatic carbocycles. The summed E-state index contributed by atoms with van der Waals surface area (Å²) in [6.45, 7) is 16.0. The van der Waals surface area contributed by atoms with Gasteiger partial charge in [-0.3, -0.25) is 0 Å². The zero-order valence-corrected chi connectivity index (χ0v) is 20.5. The fourth-order valence-electron chi connectivity index (χ4n) is 3.51. The van der Waals surface area contributed by atoms with E-state index in [0.29, 0.717) is 6.04 Å². The molecule has 0 aromatic carbocycles. The van der Waals surface area contributed by atoms with Gasteiger partial charge in [0, 0.05) is 20.3 Å². The second-order valence-corrected chi connectivity index (χ2v) is 11.7. The number of nitrogens with zero attached hydrogens (tertiary/aromatic N) is 2. The number of hydrogen-bond acceptors (Lipinski definition) is 5. The van der Waals surface area contributed by atoms with Gasteiger partial charge in [0.25, 0.3) is 0 Å². The van der Waals surface area contributed by atoms with Gasteiger partial charge in [0.1, 0.15) is 0 Å². The highest BCUT2D eigenvalue weighted by molar-refractivity contribution is 6.67. The Balaban J connectivity index is 4.36. The lowest BCUT2D eigenvalue weighted by molar-refractivity contribution is 0.224. The van der Waals surface area contributed by atoms with Gasteiger partial charge in [-0.2, -0.15) is 0 Å². The van der Waals surface area contributed by atoms with Crippen molar-refractivity contribution in [2.75, 3.05) is 60.5 Å². The summed E-state index contributed by atoms with van der Waals surface area (Å²) in [5, 5.41) is 3.62. The molecule has 6 heteroatoms. The molecule has 0 heterocycles. The molecule has 0 spiro atoms. The van der Waals surface area contributed by atoms with Gasteiger partial charge in [-0.05, 0) is 97.4 Å². The van der Waals surface area contributed by atoms with Gasteiger partial charge in [0.15, 0.2) is 0 Å². The number of nitrogens with one attached hydrogen (secondary N) is 1. The molecule has 164 valence electrons. The minimum Gasteiger partial charge on any atom is -0.398 e. The number of hydrogen-bond donors (Lipinski definition) is 1. The van der Waals surface area contributed by atoms with Crippen LogP contribution in [-0.4, -0.2) is 84.9 Å². The van der Waals surface area contributed by atoms with Gasteiger partial charge in [-0.15, -0.1) is 0 Å². The normalized spacial score (nSPS) is 13.7. The molecule has 0 rings (SSSR count). The van der Waals surface area contributed by atoms with Crippen LogP contribution in [0.5, 0.6) is 0 Å². The van der Waals surface area contributed by atoms with Crippen LogP contribution < -0.4 is 5.32 Å². The molecule has 0 bridgehead atoms. The highest BCUT2D eigenvalue weighted by Gasteiger charge is 2.32. The van der Waals surface area contributed by atoms with Crippen molar-refractivity contribution in [3.63, 3.8) is 0 Å². The molecule has 0 saturated carbocycles. The van der Waals surface area contributed by atoms with Crippen molar-refractivity contribution >= 4 is 8.56 Å². The third kappa shape index (κ3) is 13.0. The molecule has 0 saturated heterocycles. The Morgan fingerprint density at radius 3 is 2.07 bits per heavy atom. The van der Waals surface area contributed by atoms with E-state index < -0.39 is 8.56 Å². The predicted molar refractivity (Wildman–Crippen MR) is 121 cm³/mol. The van der Waals surface area contributed by atoms with Crippen LogP contribution in [-0.2, 0) is 8.85 Å². The highest BCUT2D eigenvalue weighted by Crippen LogP contribution is 2.19. The number of rotatable bonds is 19. The van der Waals surface area contributed by atoms with Gasteiger partial charge < -0.3 is 24.0 Å². The first-order chi connectivity index (χ1) is 13.0. The molecule has 0 aromatic rings. The average Bonchev–Trinajstić information content (AvgIpc) is 2.68. The van der Waals surface area contributed by atoms with E-state index in [1.165, 1.54) is 58.3 Å². The summed E-state index contributed by atoms with van der Waals surface area (Å²) in [7, 11) is 3.93. The van der Waals surface area contributed by atoms with Crippen LogP contribution >= 0.6 is 0 Å². The van der Waals surface area contributed by atoms with Crippen molar-refractivity contribution in [3.05, 3.63) is 0 Å². The Hall–Kier alpha value is 0.0169. The standard InChI is InChI=1S/C21H49N3O2Si/c1-8-15-23(5)16-12-18-24(17-11-14-22-21(4)9-2)19-13-20-27(10-3,25-6)26-7/h21-22H,8-20H2,1-7H3. The Morgan fingerprint density at radius 1 is 0.889 bits per heavy atom. The van der Waals surface area contributed by atoms with E-state index in [1.54, 1.807) is 0 Å². The maximum absolute atomic E-state index is 5.78. The summed E-state index contributed by atoms with van der Waals surface area (Å²) in [5.74, 6) is 0. The monoisotopic (exact) mass is 403 g/mol. The van der Waals surface area contributed by atoms with E-state index in [4.69, 9.17) is 8.85 Å². The molecular formula is C21H49N3O2Si. The van der Waals surface area contributed by atoms with E-state index in [2.05, 4.69) is 49.9 Å². The minimum atomic E-state index is -1.95. The van der Waals surface area contributed by atoms with E-state index >= 15 is 0 Å². The molecular weight excluding hydrogens is 354 g/mol. The third-order valence-electron chi connectivity index (χ3n) is 5.69. The highest BCUT2D eigenvalue weighted by atomic mass is 28.4. The van der Waals surface area contributed by atoms with Gasteiger partial charge in [-0.25, -0.2) is 0 Å².